The number of carbonyl (C=O) groups is 3. The van der Waals surface area contributed by atoms with Crippen molar-refractivity contribution in [1.29, 1.82) is 0 Å². The number of methoxy groups -OCH3 is 1. The first kappa shape index (κ1) is 10.5. The number of allylic oxidation sites excluding steroid dienone is 1. The first-order valence-electron chi connectivity index (χ1n) is 5.64. The summed E-state index contributed by atoms with van der Waals surface area (Å²) >= 11 is 0. The molecule has 1 saturated heterocycles. The predicted octanol–water partition coefficient (Wildman–Crippen LogP) is 0.441. The molecule has 90 valence electrons. The average molecular weight is 236 g/mol. The third-order valence-corrected chi connectivity index (χ3v) is 4.03. The van der Waals surface area contributed by atoms with Gasteiger partial charge in [-0.1, -0.05) is 11.6 Å². The van der Waals surface area contributed by atoms with Gasteiger partial charge in [0.1, 0.15) is 0 Å². The smallest absolute Gasteiger partial charge is 0.318 e. The number of fused-ring (bicyclic) bond motifs is 5. The second kappa shape index (κ2) is 3.42. The average Bonchev–Trinajstić information content (AvgIpc) is 2.91. The van der Waals surface area contributed by atoms with Crippen LogP contribution in [0.1, 0.15) is 12.8 Å². The van der Waals surface area contributed by atoms with Crippen molar-refractivity contribution in [3.63, 3.8) is 0 Å². The highest BCUT2D eigenvalue weighted by Gasteiger charge is 2.60. The molecule has 5 heteroatoms. The molecule has 2 fully saturated rings. The molecule has 4 unspecified atom stereocenters. The molecule has 0 aromatic heterocycles. The quantitative estimate of drug-likeness (QED) is 0.395. The molecule has 5 nitrogen and oxygen atoms in total. The van der Waals surface area contributed by atoms with E-state index in [0.29, 0.717) is 0 Å². The van der Waals surface area contributed by atoms with E-state index >= 15 is 0 Å². The molecule has 1 heterocycles. The summed E-state index contributed by atoms with van der Waals surface area (Å²) in [5, 5.41) is 0. The molecule has 2 aliphatic carbocycles. The zero-order chi connectivity index (χ0) is 12.2. The summed E-state index contributed by atoms with van der Waals surface area (Å²) in [7, 11) is 1.34. The Morgan fingerprint density at radius 2 is 2.12 bits per heavy atom. The van der Waals surface area contributed by atoms with Gasteiger partial charge in [0.2, 0.25) is 0 Å². The van der Waals surface area contributed by atoms with E-state index < -0.39 is 11.9 Å². The van der Waals surface area contributed by atoms with E-state index in [2.05, 4.69) is 9.47 Å². The van der Waals surface area contributed by atoms with E-state index in [1.807, 2.05) is 6.08 Å². The monoisotopic (exact) mass is 236 g/mol. The SMILES string of the molecule is COC(=O)CC1=CC2CC1C1C(=O)OC(=O)C21. The van der Waals surface area contributed by atoms with Crippen LogP contribution in [0.5, 0.6) is 0 Å². The van der Waals surface area contributed by atoms with E-state index in [4.69, 9.17) is 0 Å². The zero-order valence-electron chi connectivity index (χ0n) is 9.34. The maximum absolute atomic E-state index is 11.6. The Bertz CT molecular complexity index is 450. The number of cyclic esters (lactones) is 2. The molecule has 0 aromatic carbocycles. The first-order valence-corrected chi connectivity index (χ1v) is 5.64. The van der Waals surface area contributed by atoms with E-state index in [1.165, 1.54) is 7.11 Å². The van der Waals surface area contributed by atoms with Crippen molar-refractivity contribution in [1.82, 2.24) is 0 Å². The van der Waals surface area contributed by atoms with Crippen molar-refractivity contribution in [2.45, 2.75) is 12.8 Å². The van der Waals surface area contributed by atoms with Gasteiger partial charge in [0.25, 0.3) is 0 Å². The second-order valence-electron chi connectivity index (χ2n) is 4.79. The lowest BCUT2D eigenvalue weighted by molar-refractivity contribution is -0.154. The van der Waals surface area contributed by atoms with Crippen molar-refractivity contribution < 1.29 is 23.9 Å². The lowest BCUT2D eigenvalue weighted by Gasteiger charge is -2.19. The molecule has 0 N–H and O–H groups in total. The van der Waals surface area contributed by atoms with Crippen molar-refractivity contribution >= 4 is 17.9 Å². The van der Waals surface area contributed by atoms with Gasteiger partial charge in [-0.2, -0.15) is 0 Å². The predicted molar refractivity (Wildman–Crippen MR) is 54.4 cm³/mol. The maximum atomic E-state index is 11.6. The number of carbonyl (C=O) groups excluding carboxylic acids is 3. The molecule has 17 heavy (non-hydrogen) atoms. The van der Waals surface area contributed by atoms with Crippen LogP contribution in [0.2, 0.25) is 0 Å². The Labute approximate surface area is 97.8 Å². The Hall–Kier alpha value is -1.65. The molecule has 3 rings (SSSR count). The molecule has 3 aliphatic rings. The van der Waals surface area contributed by atoms with Gasteiger partial charge in [0.05, 0.1) is 25.4 Å². The lowest BCUT2D eigenvalue weighted by atomic mass is 9.80. The van der Waals surface area contributed by atoms with Crippen LogP contribution >= 0.6 is 0 Å². The van der Waals surface area contributed by atoms with Crippen LogP contribution in [0.4, 0.5) is 0 Å². The van der Waals surface area contributed by atoms with Gasteiger partial charge in [-0.3, -0.25) is 14.4 Å². The van der Waals surface area contributed by atoms with E-state index in [1.54, 1.807) is 0 Å². The fourth-order valence-corrected chi connectivity index (χ4v) is 3.35. The Kier molecular flexibility index (Phi) is 2.11. The number of rotatable bonds is 2. The fourth-order valence-electron chi connectivity index (χ4n) is 3.35. The van der Waals surface area contributed by atoms with Gasteiger partial charge < -0.3 is 9.47 Å². The number of hydrogen-bond acceptors (Lipinski definition) is 5. The first-order chi connectivity index (χ1) is 8.11. The molecular formula is C12H12O5. The molecular weight excluding hydrogens is 224 g/mol. The van der Waals surface area contributed by atoms with Crippen LogP contribution in [0.15, 0.2) is 11.6 Å². The number of ether oxygens (including phenoxy) is 2. The lowest BCUT2D eigenvalue weighted by Crippen LogP contribution is -2.25. The number of esters is 3. The molecule has 1 saturated carbocycles. The van der Waals surface area contributed by atoms with Gasteiger partial charge in [0, 0.05) is 0 Å². The third-order valence-electron chi connectivity index (χ3n) is 4.03. The van der Waals surface area contributed by atoms with E-state index in [9.17, 15) is 14.4 Å². The summed E-state index contributed by atoms with van der Waals surface area (Å²) in [6.07, 6.45) is 2.94. The van der Waals surface area contributed by atoms with Crippen molar-refractivity contribution in [3.8, 4) is 0 Å². The van der Waals surface area contributed by atoms with Crippen LogP contribution in [0.3, 0.4) is 0 Å². The fraction of sp³-hybridized carbons (Fsp3) is 0.583. The molecule has 1 aliphatic heterocycles. The highest BCUT2D eigenvalue weighted by atomic mass is 16.6. The molecule has 0 radical (unpaired) electrons. The summed E-state index contributed by atoms with van der Waals surface area (Å²) in [4.78, 5) is 34.3. The zero-order valence-corrected chi connectivity index (χ0v) is 9.34. The van der Waals surface area contributed by atoms with Crippen LogP contribution in [-0.4, -0.2) is 25.0 Å². The van der Waals surface area contributed by atoms with E-state index in [-0.39, 0.29) is 36.1 Å². The summed E-state index contributed by atoms with van der Waals surface area (Å²) in [5.74, 6) is -1.76. The third kappa shape index (κ3) is 1.34. The molecule has 0 aromatic rings. The van der Waals surface area contributed by atoms with Crippen LogP contribution in [-0.2, 0) is 23.9 Å². The van der Waals surface area contributed by atoms with Crippen LogP contribution in [0, 0.1) is 23.7 Å². The Balaban J connectivity index is 1.85. The van der Waals surface area contributed by atoms with E-state index in [0.717, 1.165) is 12.0 Å². The highest BCUT2D eigenvalue weighted by molar-refractivity contribution is 5.98. The minimum Gasteiger partial charge on any atom is -0.469 e. The van der Waals surface area contributed by atoms with Gasteiger partial charge in [-0.05, 0) is 18.3 Å². The van der Waals surface area contributed by atoms with Crippen LogP contribution < -0.4 is 0 Å². The topological polar surface area (TPSA) is 69.7 Å². The molecule has 0 amide bonds. The van der Waals surface area contributed by atoms with Gasteiger partial charge in [0.15, 0.2) is 0 Å². The largest absolute Gasteiger partial charge is 0.469 e. The van der Waals surface area contributed by atoms with Gasteiger partial charge >= 0.3 is 17.9 Å². The van der Waals surface area contributed by atoms with Crippen molar-refractivity contribution in [2.24, 2.45) is 23.7 Å². The van der Waals surface area contributed by atoms with Gasteiger partial charge in [-0.25, -0.2) is 0 Å². The van der Waals surface area contributed by atoms with Crippen molar-refractivity contribution in [2.75, 3.05) is 7.11 Å². The standard InChI is InChI=1S/C12H12O5/c1-16-8(13)4-5-2-6-3-7(5)10-9(6)11(14)17-12(10)15/h2,6-7,9-10H,3-4H2,1H3. The minimum absolute atomic E-state index is 0.0111. The molecule has 0 spiro atoms. The summed E-state index contributed by atoms with van der Waals surface area (Å²) < 4.78 is 9.28. The summed E-state index contributed by atoms with van der Waals surface area (Å²) in [6.45, 7) is 0. The summed E-state index contributed by atoms with van der Waals surface area (Å²) in [5.41, 5.74) is 0.926. The highest BCUT2D eigenvalue weighted by Crippen LogP contribution is 2.55. The van der Waals surface area contributed by atoms with Crippen molar-refractivity contribution in [3.05, 3.63) is 11.6 Å². The normalized spacial score (nSPS) is 37.8. The number of hydrogen-bond donors (Lipinski definition) is 0. The maximum Gasteiger partial charge on any atom is 0.318 e. The Morgan fingerprint density at radius 1 is 1.41 bits per heavy atom. The molecule has 4 atom stereocenters. The van der Waals surface area contributed by atoms with Crippen LogP contribution in [0.25, 0.3) is 0 Å². The summed E-state index contributed by atoms with van der Waals surface area (Å²) in [6, 6.07) is 0. The minimum atomic E-state index is -0.428. The molecule has 2 bridgehead atoms. The van der Waals surface area contributed by atoms with Gasteiger partial charge in [-0.15, -0.1) is 0 Å². The Morgan fingerprint density at radius 3 is 2.82 bits per heavy atom. The second-order valence-corrected chi connectivity index (χ2v) is 4.79.